The summed E-state index contributed by atoms with van der Waals surface area (Å²) in [5.74, 6) is 0.687. The summed E-state index contributed by atoms with van der Waals surface area (Å²) < 4.78 is 36.6. The number of likely N-dealkylation sites (N-methyl/N-ethyl adjacent to an activating group) is 1. The highest BCUT2D eigenvalue weighted by atomic mass is 32.2. The standard InChI is InChI=1S/C21H25N3O6S/c1-14(2)31(27,28)23-21(26)22-17(11-15-7-5-4-6-8-15)20(25)24(3)16-9-10-18-19(12-16)30-13-29-18/h4-10,12,14,17H,11,13H2,1-3H3,(H2,22,23,26)/t17-/m0/s1. The number of nitrogens with zero attached hydrogens (tertiary/aromatic N) is 1. The molecule has 3 rings (SSSR count). The summed E-state index contributed by atoms with van der Waals surface area (Å²) in [5.41, 5.74) is 1.36. The van der Waals surface area contributed by atoms with Gasteiger partial charge in [-0.1, -0.05) is 30.3 Å². The summed E-state index contributed by atoms with van der Waals surface area (Å²) in [4.78, 5) is 27.0. The van der Waals surface area contributed by atoms with Crippen LogP contribution in [0.25, 0.3) is 0 Å². The van der Waals surface area contributed by atoms with Gasteiger partial charge in [0.15, 0.2) is 11.5 Å². The van der Waals surface area contributed by atoms with E-state index in [0.29, 0.717) is 17.2 Å². The van der Waals surface area contributed by atoms with Gasteiger partial charge < -0.3 is 19.7 Å². The molecule has 0 aromatic heterocycles. The van der Waals surface area contributed by atoms with E-state index < -0.39 is 33.3 Å². The van der Waals surface area contributed by atoms with Crippen LogP contribution in [0.4, 0.5) is 10.5 Å². The van der Waals surface area contributed by atoms with Gasteiger partial charge in [-0.05, 0) is 31.5 Å². The summed E-state index contributed by atoms with van der Waals surface area (Å²) in [5, 5.41) is 1.71. The number of amides is 3. The second-order valence-corrected chi connectivity index (χ2v) is 9.58. The maximum atomic E-state index is 13.2. The highest BCUT2D eigenvalue weighted by Crippen LogP contribution is 2.35. The van der Waals surface area contributed by atoms with Crippen molar-refractivity contribution in [3.05, 3.63) is 54.1 Å². The third-order valence-corrected chi connectivity index (χ3v) is 6.53. The fourth-order valence-electron chi connectivity index (χ4n) is 2.94. The van der Waals surface area contributed by atoms with E-state index in [0.717, 1.165) is 5.56 Å². The zero-order valence-electron chi connectivity index (χ0n) is 17.5. The topological polar surface area (TPSA) is 114 Å². The molecule has 1 heterocycles. The van der Waals surface area contributed by atoms with Gasteiger partial charge in [0.05, 0.1) is 5.25 Å². The molecule has 0 saturated carbocycles. The smallest absolute Gasteiger partial charge is 0.329 e. The summed E-state index contributed by atoms with van der Waals surface area (Å²) >= 11 is 0. The minimum Gasteiger partial charge on any atom is -0.454 e. The van der Waals surface area contributed by atoms with Crippen LogP contribution in [0.3, 0.4) is 0 Å². The first kappa shape index (κ1) is 22.4. The lowest BCUT2D eigenvalue weighted by Crippen LogP contribution is -2.53. The first-order chi connectivity index (χ1) is 14.7. The first-order valence-corrected chi connectivity index (χ1v) is 11.3. The molecule has 3 amide bonds. The van der Waals surface area contributed by atoms with Crippen molar-refractivity contribution in [3.8, 4) is 11.5 Å². The highest BCUT2D eigenvalue weighted by molar-refractivity contribution is 7.90. The Morgan fingerprint density at radius 2 is 1.74 bits per heavy atom. The lowest BCUT2D eigenvalue weighted by Gasteiger charge is -2.25. The normalized spacial score (nSPS) is 13.5. The monoisotopic (exact) mass is 447 g/mol. The molecular formula is C21H25N3O6S. The Morgan fingerprint density at radius 3 is 2.42 bits per heavy atom. The first-order valence-electron chi connectivity index (χ1n) is 9.70. The molecule has 10 heteroatoms. The number of hydrogen-bond acceptors (Lipinski definition) is 6. The van der Waals surface area contributed by atoms with Gasteiger partial charge in [0.25, 0.3) is 0 Å². The van der Waals surface area contributed by atoms with Gasteiger partial charge in [0, 0.05) is 25.2 Å². The summed E-state index contributed by atoms with van der Waals surface area (Å²) in [6, 6.07) is 12.2. The molecule has 0 aliphatic carbocycles. The number of urea groups is 1. The summed E-state index contributed by atoms with van der Waals surface area (Å²) in [6.45, 7) is 3.02. The number of carbonyl (C=O) groups excluding carboxylic acids is 2. The number of nitrogens with one attached hydrogen (secondary N) is 2. The van der Waals surface area contributed by atoms with Crippen molar-refractivity contribution in [1.29, 1.82) is 0 Å². The zero-order chi connectivity index (χ0) is 22.6. The quantitative estimate of drug-likeness (QED) is 0.671. The van der Waals surface area contributed by atoms with E-state index in [-0.39, 0.29) is 13.2 Å². The van der Waals surface area contributed by atoms with Crippen LogP contribution in [-0.4, -0.2) is 45.5 Å². The molecule has 1 atom stereocenters. The van der Waals surface area contributed by atoms with Crippen LogP contribution in [0, 0.1) is 0 Å². The highest BCUT2D eigenvalue weighted by Gasteiger charge is 2.28. The van der Waals surface area contributed by atoms with Crippen molar-refractivity contribution in [2.24, 2.45) is 0 Å². The molecule has 0 radical (unpaired) electrons. The van der Waals surface area contributed by atoms with Crippen molar-refractivity contribution in [2.45, 2.75) is 31.6 Å². The van der Waals surface area contributed by atoms with Gasteiger partial charge >= 0.3 is 6.03 Å². The molecule has 0 unspecified atom stereocenters. The van der Waals surface area contributed by atoms with Gasteiger partial charge in [0.1, 0.15) is 6.04 Å². The van der Waals surface area contributed by atoms with Crippen LogP contribution < -0.4 is 24.4 Å². The Morgan fingerprint density at radius 1 is 1.06 bits per heavy atom. The van der Waals surface area contributed by atoms with Gasteiger partial charge in [-0.25, -0.2) is 17.9 Å². The predicted octanol–water partition coefficient (Wildman–Crippen LogP) is 2.03. The zero-order valence-corrected chi connectivity index (χ0v) is 18.3. The molecular weight excluding hydrogens is 422 g/mol. The van der Waals surface area contributed by atoms with Crippen molar-refractivity contribution in [3.63, 3.8) is 0 Å². The van der Waals surface area contributed by atoms with Crippen LogP contribution in [0.5, 0.6) is 11.5 Å². The number of sulfonamides is 1. The minimum atomic E-state index is -3.84. The number of anilines is 1. The molecule has 31 heavy (non-hydrogen) atoms. The number of rotatable bonds is 7. The maximum Gasteiger partial charge on any atom is 0.329 e. The molecule has 0 spiro atoms. The van der Waals surface area contributed by atoms with Gasteiger partial charge in [-0.3, -0.25) is 4.79 Å². The van der Waals surface area contributed by atoms with E-state index in [1.807, 2.05) is 35.1 Å². The molecule has 0 fully saturated rings. The Bertz CT molecular complexity index is 1060. The molecule has 0 saturated heterocycles. The second kappa shape index (κ2) is 9.25. The lowest BCUT2D eigenvalue weighted by atomic mass is 10.0. The van der Waals surface area contributed by atoms with Crippen molar-refractivity contribution in [1.82, 2.24) is 10.0 Å². The Labute approximate surface area is 181 Å². The summed E-state index contributed by atoms with van der Waals surface area (Å²) in [7, 11) is -2.27. The van der Waals surface area contributed by atoms with Crippen LogP contribution in [0.2, 0.25) is 0 Å². The minimum absolute atomic E-state index is 0.110. The largest absolute Gasteiger partial charge is 0.454 e. The van der Waals surface area contributed by atoms with E-state index in [4.69, 9.17) is 9.47 Å². The molecule has 2 N–H and O–H groups in total. The van der Waals surface area contributed by atoms with Crippen LogP contribution >= 0.6 is 0 Å². The molecule has 2 aromatic carbocycles. The molecule has 1 aliphatic heterocycles. The third-order valence-electron chi connectivity index (χ3n) is 4.82. The number of hydrogen-bond donors (Lipinski definition) is 2. The summed E-state index contributed by atoms with van der Waals surface area (Å²) in [6.07, 6.45) is 0.184. The predicted molar refractivity (Wildman–Crippen MR) is 116 cm³/mol. The van der Waals surface area contributed by atoms with E-state index in [2.05, 4.69) is 5.32 Å². The van der Waals surface area contributed by atoms with E-state index in [1.54, 1.807) is 25.2 Å². The number of carbonyl (C=O) groups is 2. The van der Waals surface area contributed by atoms with Gasteiger partial charge in [0.2, 0.25) is 22.7 Å². The third kappa shape index (κ3) is 5.46. The van der Waals surface area contributed by atoms with Gasteiger partial charge in [-0.2, -0.15) is 0 Å². The maximum absolute atomic E-state index is 13.2. The number of benzene rings is 2. The van der Waals surface area contributed by atoms with E-state index in [1.165, 1.54) is 18.7 Å². The molecule has 1 aliphatic rings. The molecule has 9 nitrogen and oxygen atoms in total. The van der Waals surface area contributed by atoms with Crippen LogP contribution in [-0.2, 0) is 21.2 Å². The molecule has 2 aromatic rings. The fraction of sp³-hybridized carbons (Fsp3) is 0.333. The Kier molecular flexibility index (Phi) is 6.69. The van der Waals surface area contributed by atoms with Crippen molar-refractivity contribution >= 4 is 27.6 Å². The molecule has 0 bridgehead atoms. The Hall–Kier alpha value is -3.27. The van der Waals surface area contributed by atoms with Crippen molar-refractivity contribution < 1.29 is 27.5 Å². The average molecular weight is 448 g/mol. The van der Waals surface area contributed by atoms with Crippen LogP contribution in [0.1, 0.15) is 19.4 Å². The second-order valence-electron chi connectivity index (χ2n) is 7.35. The van der Waals surface area contributed by atoms with Gasteiger partial charge in [-0.15, -0.1) is 0 Å². The number of fused-ring (bicyclic) bond motifs is 1. The van der Waals surface area contributed by atoms with E-state index >= 15 is 0 Å². The van der Waals surface area contributed by atoms with E-state index in [9.17, 15) is 18.0 Å². The SMILES string of the molecule is CC(C)S(=O)(=O)NC(=O)N[C@@H](Cc1ccccc1)C(=O)N(C)c1ccc2c(c1)OCO2. The van der Waals surface area contributed by atoms with Crippen LogP contribution in [0.15, 0.2) is 48.5 Å². The van der Waals surface area contributed by atoms with Crippen molar-refractivity contribution in [2.75, 3.05) is 18.7 Å². The Balaban J connectivity index is 1.81. The average Bonchev–Trinajstić information content (AvgIpc) is 3.20. The number of ether oxygens (including phenoxy) is 2. The lowest BCUT2D eigenvalue weighted by molar-refractivity contribution is -0.120. The molecule has 166 valence electrons. The fourth-order valence-corrected chi connectivity index (χ4v) is 3.49.